The van der Waals surface area contributed by atoms with E-state index in [1.807, 2.05) is 24.4 Å². The van der Waals surface area contributed by atoms with Gasteiger partial charge in [0.25, 0.3) is 5.91 Å². The van der Waals surface area contributed by atoms with Crippen molar-refractivity contribution in [1.82, 2.24) is 20.3 Å². The number of imidazole rings is 1. The van der Waals surface area contributed by atoms with E-state index in [9.17, 15) is 4.79 Å². The molecule has 3 heterocycles. The van der Waals surface area contributed by atoms with Gasteiger partial charge in [-0.15, -0.1) is 0 Å². The topological polar surface area (TPSA) is 82.7 Å². The minimum atomic E-state index is -0.120. The van der Waals surface area contributed by atoms with Gasteiger partial charge in [-0.1, -0.05) is 0 Å². The summed E-state index contributed by atoms with van der Waals surface area (Å²) in [6.07, 6.45) is 5.96. The van der Waals surface area contributed by atoms with E-state index in [0.29, 0.717) is 5.56 Å². The van der Waals surface area contributed by atoms with Gasteiger partial charge in [0.05, 0.1) is 22.9 Å². The molecule has 0 spiro atoms. The average Bonchev–Trinajstić information content (AvgIpc) is 3.02. The van der Waals surface area contributed by atoms with E-state index in [-0.39, 0.29) is 5.91 Å². The number of amides is 1. The smallest absolute Gasteiger partial charge is 0.257 e. The van der Waals surface area contributed by atoms with Crippen LogP contribution in [0.5, 0.6) is 0 Å². The number of carbonyl (C=O) groups excluding carboxylic acids is 1. The van der Waals surface area contributed by atoms with Crippen molar-refractivity contribution in [3.63, 3.8) is 0 Å². The molecule has 0 unspecified atom stereocenters. The maximum absolute atomic E-state index is 12.6. The first-order valence-electron chi connectivity index (χ1n) is 7.22. The fraction of sp³-hybridized carbons (Fsp3) is 0.188. The van der Waals surface area contributed by atoms with Crippen LogP contribution in [-0.2, 0) is 13.0 Å². The second-order valence-electron chi connectivity index (χ2n) is 5.34. The number of aromatic nitrogens is 3. The molecule has 4 rings (SSSR count). The third kappa shape index (κ3) is 2.23. The van der Waals surface area contributed by atoms with Crippen LogP contribution in [0.1, 0.15) is 21.5 Å². The van der Waals surface area contributed by atoms with Gasteiger partial charge in [0, 0.05) is 24.6 Å². The van der Waals surface area contributed by atoms with Gasteiger partial charge in [-0.25, -0.2) is 4.98 Å². The van der Waals surface area contributed by atoms with E-state index in [1.54, 1.807) is 12.5 Å². The SMILES string of the molecule is O=C(Nc1ccc2nc[nH]c2c1)c1cncc2c1CCNC2. The molecule has 0 fully saturated rings. The Kier molecular flexibility index (Phi) is 3.08. The largest absolute Gasteiger partial charge is 0.345 e. The summed E-state index contributed by atoms with van der Waals surface area (Å²) in [7, 11) is 0. The molecule has 2 aromatic heterocycles. The quantitative estimate of drug-likeness (QED) is 0.673. The Bertz CT molecular complexity index is 855. The molecule has 0 radical (unpaired) electrons. The molecule has 1 amide bonds. The highest BCUT2D eigenvalue weighted by atomic mass is 16.1. The Labute approximate surface area is 127 Å². The number of rotatable bonds is 2. The van der Waals surface area contributed by atoms with Gasteiger partial charge in [0.15, 0.2) is 0 Å². The van der Waals surface area contributed by atoms with Crippen molar-refractivity contribution in [2.75, 3.05) is 11.9 Å². The Morgan fingerprint density at radius 3 is 3.18 bits per heavy atom. The van der Waals surface area contributed by atoms with E-state index in [1.165, 1.54) is 0 Å². The molecule has 1 aromatic carbocycles. The first kappa shape index (κ1) is 13.0. The van der Waals surface area contributed by atoms with Gasteiger partial charge in [-0.3, -0.25) is 9.78 Å². The van der Waals surface area contributed by atoms with Crippen LogP contribution in [0, 0.1) is 0 Å². The van der Waals surface area contributed by atoms with E-state index >= 15 is 0 Å². The minimum absolute atomic E-state index is 0.120. The molecule has 0 aliphatic carbocycles. The summed E-state index contributed by atoms with van der Waals surface area (Å²) in [5.41, 5.74) is 5.37. The number of aromatic amines is 1. The van der Waals surface area contributed by atoms with Crippen molar-refractivity contribution in [1.29, 1.82) is 0 Å². The molecule has 3 N–H and O–H groups in total. The summed E-state index contributed by atoms with van der Waals surface area (Å²) in [6, 6.07) is 5.61. The Morgan fingerprint density at radius 2 is 2.23 bits per heavy atom. The lowest BCUT2D eigenvalue weighted by molar-refractivity contribution is 0.102. The van der Waals surface area contributed by atoms with Crippen LogP contribution in [0.4, 0.5) is 5.69 Å². The molecule has 1 aliphatic heterocycles. The first-order valence-corrected chi connectivity index (χ1v) is 7.22. The van der Waals surface area contributed by atoms with Gasteiger partial charge in [0.1, 0.15) is 0 Å². The maximum atomic E-state index is 12.6. The van der Waals surface area contributed by atoms with E-state index in [0.717, 1.165) is 47.4 Å². The van der Waals surface area contributed by atoms with Gasteiger partial charge in [0.2, 0.25) is 0 Å². The number of pyridine rings is 1. The second-order valence-corrected chi connectivity index (χ2v) is 5.34. The van der Waals surface area contributed by atoms with Crippen LogP contribution in [0.15, 0.2) is 36.9 Å². The lowest BCUT2D eigenvalue weighted by Crippen LogP contribution is -2.27. The number of nitrogens with zero attached hydrogens (tertiary/aromatic N) is 2. The number of benzene rings is 1. The number of anilines is 1. The predicted octanol–water partition coefficient (Wildman–Crippen LogP) is 1.86. The highest BCUT2D eigenvalue weighted by molar-refractivity contribution is 6.06. The summed E-state index contributed by atoms with van der Waals surface area (Å²) < 4.78 is 0. The lowest BCUT2D eigenvalue weighted by atomic mass is 9.98. The Hall–Kier alpha value is -2.73. The fourth-order valence-electron chi connectivity index (χ4n) is 2.82. The van der Waals surface area contributed by atoms with Crippen LogP contribution in [0.25, 0.3) is 11.0 Å². The number of fused-ring (bicyclic) bond motifs is 2. The van der Waals surface area contributed by atoms with E-state index < -0.39 is 0 Å². The van der Waals surface area contributed by atoms with Crippen LogP contribution in [0.2, 0.25) is 0 Å². The minimum Gasteiger partial charge on any atom is -0.345 e. The van der Waals surface area contributed by atoms with Gasteiger partial charge in [-0.2, -0.15) is 0 Å². The van der Waals surface area contributed by atoms with Gasteiger partial charge < -0.3 is 15.6 Å². The third-order valence-electron chi connectivity index (χ3n) is 3.94. The van der Waals surface area contributed by atoms with Crippen LogP contribution >= 0.6 is 0 Å². The van der Waals surface area contributed by atoms with Crippen molar-refractivity contribution in [3.05, 3.63) is 53.6 Å². The van der Waals surface area contributed by atoms with E-state index in [2.05, 4.69) is 25.6 Å². The molecular formula is C16H15N5O. The summed E-state index contributed by atoms with van der Waals surface area (Å²) in [5, 5.41) is 6.23. The molecule has 6 nitrogen and oxygen atoms in total. The van der Waals surface area contributed by atoms with Crippen molar-refractivity contribution in [3.8, 4) is 0 Å². The molecule has 0 saturated heterocycles. The van der Waals surface area contributed by atoms with Crippen molar-refractivity contribution in [2.45, 2.75) is 13.0 Å². The number of hydrogen-bond acceptors (Lipinski definition) is 4. The standard InChI is InChI=1S/C16H15N5O/c22-16(13-8-18-7-10-6-17-4-3-12(10)13)21-11-1-2-14-15(5-11)20-9-19-14/h1-2,5,7-9,17H,3-4,6H2,(H,19,20)(H,21,22). The fourth-order valence-corrected chi connectivity index (χ4v) is 2.82. The monoisotopic (exact) mass is 293 g/mol. The zero-order valence-corrected chi connectivity index (χ0v) is 11.9. The van der Waals surface area contributed by atoms with Gasteiger partial charge in [-0.05, 0) is 42.3 Å². The zero-order chi connectivity index (χ0) is 14.9. The number of hydrogen-bond donors (Lipinski definition) is 3. The van der Waals surface area contributed by atoms with Crippen molar-refractivity contribution < 1.29 is 4.79 Å². The van der Waals surface area contributed by atoms with Crippen LogP contribution in [-0.4, -0.2) is 27.4 Å². The molecule has 0 atom stereocenters. The third-order valence-corrected chi connectivity index (χ3v) is 3.94. The first-order chi connectivity index (χ1) is 10.8. The highest BCUT2D eigenvalue weighted by Crippen LogP contribution is 2.20. The molecule has 1 aliphatic rings. The zero-order valence-electron chi connectivity index (χ0n) is 11.9. The van der Waals surface area contributed by atoms with Crippen molar-refractivity contribution in [2.24, 2.45) is 0 Å². The number of nitrogens with one attached hydrogen (secondary N) is 3. The van der Waals surface area contributed by atoms with Gasteiger partial charge >= 0.3 is 0 Å². The molecule has 0 saturated carbocycles. The summed E-state index contributed by atoms with van der Waals surface area (Å²) in [4.78, 5) is 24.0. The molecule has 6 heteroatoms. The molecule has 22 heavy (non-hydrogen) atoms. The highest BCUT2D eigenvalue weighted by Gasteiger charge is 2.18. The summed E-state index contributed by atoms with van der Waals surface area (Å²) in [5.74, 6) is -0.120. The Balaban J connectivity index is 1.64. The number of H-pyrrole nitrogens is 1. The predicted molar refractivity (Wildman–Crippen MR) is 83.7 cm³/mol. The van der Waals surface area contributed by atoms with Crippen LogP contribution < -0.4 is 10.6 Å². The average molecular weight is 293 g/mol. The lowest BCUT2D eigenvalue weighted by Gasteiger charge is -2.19. The van der Waals surface area contributed by atoms with E-state index in [4.69, 9.17) is 0 Å². The molecular weight excluding hydrogens is 278 g/mol. The Morgan fingerprint density at radius 1 is 1.27 bits per heavy atom. The molecule has 110 valence electrons. The molecule has 3 aromatic rings. The second kappa shape index (κ2) is 5.23. The maximum Gasteiger partial charge on any atom is 0.257 e. The van der Waals surface area contributed by atoms with Crippen molar-refractivity contribution >= 4 is 22.6 Å². The molecule has 0 bridgehead atoms. The number of carbonyl (C=O) groups is 1. The summed E-state index contributed by atoms with van der Waals surface area (Å²) >= 11 is 0. The van der Waals surface area contributed by atoms with Crippen LogP contribution in [0.3, 0.4) is 0 Å². The summed E-state index contributed by atoms with van der Waals surface area (Å²) in [6.45, 7) is 1.65. The normalized spacial score (nSPS) is 13.8.